The molecule has 0 aliphatic heterocycles. The molecule has 0 amide bonds. The van der Waals surface area contributed by atoms with E-state index in [1.165, 1.54) is 15.9 Å². The molecule has 0 saturated carbocycles. The first-order chi connectivity index (χ1) is 16.2. The van der Waals surface area contributed by atoms with Crippen molar-refractivity contribution in [2.24, 2.45) is 0 Å². The molecule has 0 radical (unpaired) electrons. The maximum atomic E-state index is 4.63. The first-order valence-electron chi connectivity index (χ1n) is 10.9. The fourth-order valence-electron chi connectivity index (χ4n) is 4.88. The van der Waals surface area contributed by atoms with Crippen molar-refractivity contribution in [1.82, 2.24) is 9.97 Å². The summed E-state index contributed by atoms with van der Waals surface area (Å²) in [6.07, 6.45) is 7.66. The van der Waals surface area contributed by atoms with Gasteiger partial charge in [-0.15, -0.1) is 0 Å². The SMILES string of the molecule is BrP(c1ccccc1)(c1ccccc1)(c1ccccc1)C(c1cccnc1)c1cccnc1. The van der Waals surface area contributed by atoms with Crippen LogP contribution in [0.5, 0.6) is 0 Å². The van der Waals surface area contributed by atoms with E-state index < -0.39 is 5.31 Å². The summed E-state index contributed by atoms with van der Waals surface area (Å²) in [4.78, 5) is 9.07. The molecule has 4 heteroatoms. The third-order valence-corrected chi connectivity index (χ3v) is 16.7. The van der Waals surface area contributed by atoms with Gasteiger partial charge in [-0.05, 0) is 0 Å². The Labute approximate surface area is 203 Å². The van der Waals surface area contributed by atoms with Crippen LogP contribution in [0.3, 0.4) is 0 Å². The molecule has 162 valence electrons. The van der Waals surface area contributed by atoms with Gasteiger partial charge in [-0.2, -0.15) is 0 Å². The van der Waals surface area contributed by atoms with Gasteiger partial charge in [-0.3, -0.25) is 0 Å². The van der Waals surface area contributed by atoms with Gasteiger partial charge in [0.05, 0.1) is 0 Å². The van der Waals surface area contributed by atoms with Gasteiger partial charge < -0.3 is 0 Å². The Balaban J connectivity index is 2.01. The van der Waals surface area contributed by atoms with E-state index in [9.17, 15) is 0 Å². The van der Waals surface area contributed by atoms with Crippen LogP contribution < -0.4 is 15.9 Å². The summed E-state index contributed by atoms with van der Waals surface area (Å²) in [5, 5.41) is 0.454. The van der Waals surface area contributed by atoms with Gasteiger partial charge in [0.1, 0.15) is 0 Å². The molecule has 0 aliphatic rings. The van der Waals surface area contributed by atoms with Gasteiger partial charge in [0.2, 0.25) is 0 Å². The predicted octanol–water partition coefficient (Wildman–Crippen LogP) is 6.41. The summed E-state index contributed by atoms with van der Waals surface area (Å²) < 4.78 is 0. The van der Waals surface area contributed by atoms with Crippen molar-refractivity contribution in [3.8, 4) is 0 Å². The number of benzene rings is 3. The summed E-state index contributed by atoms with van der Waals surface area (Å²) in [6.45, 7) is 0. The number of rotatable bonds is 6. The Kier molecular flexibility index (Phi) is 5.93. The van der Waals surface area contributed by atoms with E-state index in [-0.39, 0.29) is 5.66 Å². The molecule has 0 N–H and O–H groups in total. The van der Waals surface area contributed by atoms with E-state index in [1.54, 1.807) is 0 Å². The van der Waals surface area contributed by atoms with Crippen LogP contribution in [-0.4, -0.2) is 9.97 Å². The van der Waals surface area contributed by atoms with Crippen LogP contribution in [-0.2, 0) is 0 Å². The average Bonchev–Trinajstić information content (AvgIpc) is 2.91. The first kappa shape index (κ1) is 21.7. The van der Waals surface area contributed by atoms with Gasteiger partial charge in [0, 0.05) is 0 Å². The Morgan fingerprint density at radius 2 is 0.848 bits per heavy atom. The second kappa shape index (κ2) is 9.02. The van der Waals surface area contributed by atoms with Gasteiger partial charge in [-0.25, -0.2) is 0 Å². The minimum absolute atomic E-state index is 0.0365. The van der Waals surface area contributed by atoms with Crippen LogP contribution in [0.15, 0.2) is 140 Å². The van der Waals surface area contributed by atoms with Crippen LogP contribution in [0, 0.1) is 0 Å². The number of pyridine rings is 2. The summed E-state index contributed by atoms with van der Waals surface area (Å²) >= 11 is 4.63. The zero-order chi connectivity index (χ0) is 22.6. The number of nitrogens with zero attached hydrogens (tertiary/aromatic N) is 2. The van der Waals surface area contributed by atoms with Crippen molar-refractivity contribution in [2.45, 2.75) is 5.66 Å². The number of halogens is 1. The predicted molar refractivity (Wildman–Crippen MR) is 144 cm³/mol. The number of hydrogen-bond donors (Lipinski definition) is 0. The van der Waals surface area contributed by atoms with Gasteiger partial charge in [-0.1, -0.05) is 0 Å². The fraction of sp³-hybridized carbons (Fsp3) is 0.0345. The van der Waals surface area contributed by atoms with Gasteiger partial charge >= 0.3 is 204 Å². The van der Waals surface area contributed by atoms with Gasteiger partial charge in [0.25, 0.3) is 0 Å². The fourth-order valence-corrected chi connectivity index (χ4v) is 13.9. The molecule has 0 spiro atoms. The van der Waals surface area contributed by atoms with Crippen LogP contribution in [0.25, 0.3) is 0 Å². The second-order valence-corrected chi connectivity index (χ2v) is 16.7. The van der Waals surface area contributed by atoms with E-state index >= 15 is 0 Å². The van der Waals surface area contributed by atoms with E-state index in [1.807, 2.05) is 36.9 Å². The van der Waals surface area contributed by atoms with E-state index in [0.29, 0.717) is 0 Å². The molecule has 2 aromatic heterocycles. The number of aromatic nitrogens is 2. The Bertz CT molecular complexity index is 1180. The molecule has 2 heterocycles. The zero-order valence-electron chi connectivity index (χ0n) is 18.1. The number of hydrogen-bond acceptors (Lipinski definition) is 2. The second-order valence-electron chi connectivity index (χ2n) is 8.06. The van der Waals surface area contributed by atoms with Crippen molar-refractivity contribution >= 4 is 36.7 Å². The molecule has 5 rings (SSSR count). The quantitative estimate of drug-likeness (QED) is 0.247. The van der Waals surface area contributed by atoms with Crippen LogP contribution in [0.2, 0.25) is 0 Å². The molecule has 0 fully saturated rings. The van der Waals surface area contributed by atoms with Crippen LogP contribution >= 0.6 is 20.8 Å². The van der Waals surface area contributed by atoms with Crippen molar-refractivity contribution in [3.05, 3.63) is 151 Å². The normalized spacial score (nSPS) is 12.7. The first-order valence-corrected chi connectivity index (χ1v) is 15.3. The van der Waals surface area contributed by atoms with Crippen LogP contribution in [0.4, 0.5) is 0 Å². The Hall–Kier alpha value is -3.13. The summed E-state index contributed by atoms with van der Waals surface area (Å²) in [5.41, 5.74) is 2.26. The van der Waals surface area contributed by atoms with Crippen molar-refractivity contribution in [1.29, 1.82) is 0 Å². The van der Waals surface area contributed by atoms with Gasteiger partial charge in [0.15, 0.2) is 0 Å². The monoisotopic (exact) mass is 510 g/mol. The minimum atomic E-state index is -3.33. The van der Waals surface area contributed by atoms with E-state index in [4.69, 9.17) is 0 Å². The average molecular weight is 511 g/mol. The molecule has 0 bridgehead atoms. The molecule has 33 heavy (non-hydrogen) atoms. The third-order valence-electron chi connectivity index (χ3n) is 6.27. The van der Waals surface area contributed by atoms with E-state index in [2.05, 4.69) is 129 Å². The molecule has 3 aromatic carbocycles. The standard InChI is InChI=1S/C29H24BrN2P/c30-33(26-14-4-1-5-15-26,27-16-6-2-7-17-27,28-18-8-3-9-19-28)29(24-12-10-20-31-22-24)25-13-11-21-32-23-25/h1-23,29H. The van der Waals surface area contributed by atoms with Crippen molar-refractivity contribution in [2.75, 3.05) is 0 Å². The molecular weight excluding hydrogens is 487 g/mol. The molecular formula is C29H24BrN2P. The summed E-state index contributed by atoms with van der Waals surface area (Å²) in [6, 6.07) is 41.0. The zero-order valence-corrected chi connectivity index (χ0v) is 20.6. The van der Waals surface area contributed by atoms with E-state index in [0.717, 1.165) is 11.1 Å². The molecule has 2 nitrogen and oxygen atoms in total. The molecule has 0 saturated heterocycles. The maximum absolute atomic E-state index is 4.63. The molecule has 5 aromatic rings. The molecule has 0 aliphatic carbocycles. The van der Waals surface area contributed by atoms with Crippen LogP contribution in [0.1, 0.15) is 16.8 Å². The van der Waals surface area contributed by atoms with Crippen molar-refractivity contribution < 1.29 is 0 Å². The topological polar surface area (TPSA) is 25.8 Å². The van der Waals surface area contributed by atoms with Crippen molar-refractivity contribution in [3.63, 3.8) is 0 Å². The molecule has 0 unspecified atom stereocenters. The molecule has 0 atom stereocenters. The summed E-state index contributed by atoms with van der Waals surface area (Å²) in [7, 11) is 0. The Morgan fingerprint density at radius 3 is 1.15 bits per heavy atom. The Morgan fingerprint density at radius 1 is 0.485 bits per heavy atom. The summed E-state index contributed by atoms with van der Waals surface area (Å²) in [5.74, 6) is 0. The third kappa shape index (κ3) is 3.53.